The van der Waals surface area contributed by atoms with Crippen molar-refractivity contribution in [1.29, 1.82) is 0 Å². The second kappa shape index (κ2) is 4.62. The lowest BCUT2D eigenvalue weighted by Gasteiger charge is -1.99. The molecule has 1 aromatic rings. The van der Waals surface area contributed by atoms with E-state index in [1.165, 1.54) is 0 Å². The SMILES string of the molecule is O=[SH](=O)c1ccccc1CCBr. The molecule has 0 saturated heterocycles. The fourth-order valence-electron chi connectivity index (χ4n) is 1.00. The zero-order chi connectivity index (χ0) is 8.97. The molecule has 0 N–H and O–H groups in total. The van der Waals surface area contributed by atoms with Crippen LogP contribution in [-0.2, 0) is 17.1 Å². The van der Waals surface area contributed by atoms with Gasteiger partial charge in [0.05, 0.1) is 4.90 Å². The smallest absolute Gasteiger partial charge is 0.168 e. The Balaban J connectivity index is 3.08. The number of halogens is 1. The molecule has 0 atom stereocenters. The van der Waals surface area contributed by atoms with Gasteiger partial charge < -0.3 is 0 Å². The van der Waals surface area contributed by atoms with Crippen molar-refractivity contribution in [2.75, 3.05) is 5.33 Å². The number of rotatable bonds is 3. The van der Waals surface area contributed by atoms with E-state index in [9.17, 15) is 8.42 Å². The van der Waals surface area contributed by atoms with Crippen molar-refractivity contribution in [3.63, 3.8) is 0 Å². The van der Waals surface area contributed by atoms with Gasteiger partial charge in [-0.25, -0.2) is 8.42 Å². The van der Waals surface area contributed by atoms with Gasteiger partial charge in [0.15, 0.2) is 10.7 Å². The molecular weight excluding hydrogens is 240 g/mol. The molecule has 0 aliphatic carbocycles. The number of thiol groups is 1. The maximum atomic E-state index is 10.7. The molecule has 0 unspecified atom stereocenters. The molecule has 4 heteroatoms. The summed E-state index contributed by atoms with van der Waals surface area (Å²) in [5.74, 6) is 0. The molecule has 0 fully saturated rings. The minimum atomic E-state index is -2.45. The van der Waals surface area contributed by atoms with Crippen LogP contribution in [-0.4, -0.2) is 13.7 Å². The maximum absolute atomic E-state index is 10.7. The lowest BCUT2D eigenvalue weighted by atomic mass is 10.2. The summed E-state index contributed by atoms with van der Waals surface area (Å²) in [6.07, 6.45) is 0.749. The van der Waals surface area contributed by atoms with Gasteiger partial charge in [-0.3, -0.25) is 0 Å². The summed E-state index contributed by atoms with van der Waals surface area (Å²) in [5, 5.41) is 0.785. The van der Waals surface area contributed by atoms with Gasteiger partial charge in [-0.2, -0.15) is 0 Å². The van der Waals surface area contributed by atoms with E-state index in [4.69, 9.17) is 0 Å². The van der Waals surface area contributed by atoms with Crippen LogP contribution in [0, 0.1) is 0 Å². The third-order valence-electron chi connectivity index (χ3n) is 1.55. The summed E-state index contributed by atoms with van der Waals surface area (Å²) in [6.45, 7) is 0. The highest BCUT2D eigenvalue weighted by molar-refractivity contribution is 9.09. The third-order valence-corrected chi connectivity index (χ3v) is 2.78. The van der Waals surface area contributed by atoms with Gasteiger partial charge >= 0.3 is 0 Å². The zero-order valence-electron chi connectivity index (χ0n) is 6.37. The highest BCUT2D eigenvalue weighted by atomic mass is 79.9. The fourth-order valence-corrected chi connectivity index (χ4v) is 2.06. The molecule has 1 aromatic carbocycles. The molecule has 0 heterocycles. The molecule has 0 saturated carbocycles. The Kier molecular flexibility index (Phi) is 3.75. The highest BCUT2D eigenvalue weighted by Gasteiger charge is 2.01. The molecule has 0 aromatic heterocycles. The Morgan fingerprint density at radius 1 is 1.25 bits per heavy atom. The minimum absolute atomic E-state index is 0.437. The Morgan fingerprint density at radius 3 is 2.50 bits per heavy atom. The van der Waals surface area contributed by atoms with Gasteiger partial charge in [-0.1, -0.05) is 34.1 Å². The standard InChI is InChI=1S/C8H9BrO2S/c9-6-5-7-3-1-2-4-8(7)12(10)11/h1-4,12H,5-6H2. The van der Waals surface area contributed by atoms with Crippen molar-refractivity contribution in [2.24, 2.45) is 0 Å². The lowest BCUT2D eigenvalue weighted by Crippen LogP contribution is -1.92. The van der Waals surface area contributed by atoms with E-state index >= 15 is 0 Å². The van der Waals surface area contributed by atoms with Crippen LogP contribution in [0.25, 0.3) is 0 Å². The topological polar surface area (TPSA) is 34.1 Å². The van der Waals surface area contributed by atoms with Crippen molar-refractivity contribution < 1.29 is 8.42 Å². The molecule has 0 spiro atoms. The van der Waals surface area contributed by atoms with Crippen LogP contribution < -0.4 is 0 Å². The van der Waals surface area contributed by atoms with E-state index in [0.29, 0.717) is 4.90 Å². The average Bonchev–Trinajstić information content (AvgIpc) is 2.05. The molecule has 0 amide bonds. The quantitative estimate of drug-likeness (QED) is 0.652. The molecule has 12 heavy (non-hydrogen) atoms. The minimum Gasteiger partial charge on any atom is -0.227 e. The molecular formula is C8H9BrO2S. The van der Waals surface area contributed by atoms with Crippen molar-refractivity contribution in [1.82, 2.24) is 0 Å². The van der Waals surface area contributed by atoms with Gasteiger partial charge in [0.25, 0.3) is 0 Å². The van der Waals surface area contributed by atoms with Crippen LogP contribution in [0.3, 0.4) is 0 Å². The second-order valence-corrected chi connectivity index (χ2v) is 4.11. The van der Waals surface area contributed by atoms with Crippen molar-refractivity contribution in [2.45, 2.75) is 11.3 Å². The number of benzene rings is 1. The third kappa shape index (κ3) is 2.32. The highest BCUT2D eigenvalue weighted by Crippen LogP contribution is 2.11. The summed E-state index contributed by atoms with van der Waals surface area (Å²) in [4.78, 5) is 0.437. The van der Waals surface area contributed by atoms with Gasteiger partial charge in [0.2, 0.25) is 0 Å². The summed E-state index contributed by atoms with van der Waals surface area (Å²) in [6, 6.07) is 7.05. The second-order valence-electron chi connectivity index (χ2n) is 2.32. The maximum Gasteiger partial charge on any atom is 0.168 e. The summed E-state index contributed by atoms with van der Waals surface area (Å²) >= 11 is 3.27. The van der Waals surface area contributed by atoms with Crippen molar-refractivity contribution in [3.8, 4) is 0 Å². The van der Waals surface area contributed by atoms with Crippen LogP contribution in [0.4, 0.5) is 0 Å². The number of alkyl halides is 1. The van der Waals surface area contributed by atoms with E-state index < -0.39 is 10.7 Å². The summed E-state index contributed by atoms with van der Waals surface area (Å²) in [7, 11) is -2.45. The monoisotopic (exact) mass is 248 g/mol. The number of hydrogen-bond acceptors (Lipinski definition) is 2. The van der Waals surface area contributed by atoms with Crippen molar-refractivity contribution in [3.05, 3.63) is 29.8 Å². The first-order valence-electron chi connectivity index (χ1n) is 3.54. The van der Waals surface area contributed by atoms with Crippen LogP contribution in [0.2, 0.25) is 0 Å². The van der Waals surface area contributed by atoms with Crippen LogP contribution >= 0.6 is 15.9 Å². The average molecular weight is 249 g/mol. The van der Waals surface area contributed by atoms with Crippen molar-refractivity contribution >= 4 is 26.6 Å². The van der Waals surface area contributed by atoms with Gasteiger partial charge in [0, 0.05) is 5.33 Å². The number of hydrogen-bond donors (Lipinski definition) is 1. The molecule has 1 rings (SSSR count). The molecule has 66 valence electrons. The molecule has 2 nitrogen and oxygen atoms in total. The largest absolute Gasteiger partial charge is 0.227 e. The molecule has 0 bridgehead atoms. The van der Waals surface area contributed by atoms with Crippen LogP contribution in [0.5, 0.6) is 0 Å². The molecule has 0 aliphatic rings. The van der Waals surface area contributed by atoms with Crippen LogP contribution in [0.15, 0.2) is 29.2 Å². The van der Waals surface area contributed by atoms with Gasteiger partial charge in [-0.05, 0) is 18.1 Å². The Morgan fingerprint density at radius 2 is 1.92 bits per heavy atom. The fraction of sp³-hybridized carbons (Fsp3) is 0.250. The van der Waals surface area contributed by atoms with E-state index in [1.807, 2.05) is 12.1 Å². The Labute approximate surface area is 81.7 Å². The lowest BCUT2D eigenvalue weighted by molar-refractivity contribution is 0.613. The zero-order valence-corrected chi connectivity index (χ0v) is 8.85. The predicted octanol–water partition coefficient (Wildman–Crippen LogP) is 1.59. The Bertz CT molecular complexity index is 326. The van der Waals surface area contributed by atoms with Gasteiger partial charge in [-0.15, -0.1) is 0 Å². The first kappa shape index (κ1) is 9.74. The number of aryl methyl sites for hydroxylation is 1. The van der Waals surface area contributed by atoms with E-state index in [-0.39, 0.29) is 0 Å². The normalized spacial score (nSPS) is 10.5. The van der Waals surface area contributed by atoms with E-state index in [1.54, 1.807) is 12.1 Å². The Hall–Kier alpha value is -0.350. The summed E-state index contributed by atoms with van der Waals surface area (Å²) in [5.41, 5.74) is 0.880. The van der Waals surface area contributed by atoms with Gasteiger partial charge in [0.1, 0.15) is 0 Å². The first-order valence-corrected chi connectivity index (χ1v) is 5.84. The van der Waals surface area contributed by atoms with E-state index in [2.05, 4.69) is 15.9 Å². The summed E-state index contributed by atoms with van der Waals surface area (Å²) < 4.78 is 21.4. The predicted molar refractivity (Wildman–Crippen MR) is 52.5 cm³/mol. The first-order chi connectivity index (χ1) is 5.75. The van der Waals surface area contributed by atoms with Crippen LogP contribution in [0.1, 0.15) is 5.56 Å². The molecule has 0 radical (unpaired) electrons. The van der Waals surface area contributed by atoms with E-state index in [0.717, 1.165) is 17.3 Å². The molecule has 0 aliphatic heterocycles.